The van der Waals surface area contributed by atoms with E-state index in [1.807, 2.05) is 30.3 Å². The van der Waals surface area contributed by atoms with E-state index in [1.165, 1.54) is 6.42 Å². The molecule has 3 atom stereocenters. The number of hydrogen-bond donors (Lipinski definition) is 2. The molecule has 1 aromatic rings. The smallest absolute Gasteiger partial charge is 0.0914 e. The van der Waals surface area contributed by atoms with Gasteiger partial charge in [0.1, 0.15) is 0 Å². The van der Waals surface area contributed by atoms with Crippen molar-refractivity contribution in [1.29, 1.82) is 0 Å². The third-order valence-electron chi connectivity index (χ3n) is 3.87. The molecule has 1 aliphatic rings. The minimum absolute atomic E-state index is 0.405. The van der Waals surface area contributed by atoms with Gasteiger partial charge >= 0.3 is 0 Å². The number of benzene rings is 1. The van der Waals surface area contributed by atoms with Crippen LogP contribution in [0, 0.1) is 5.92 Å². The highest BCUT2D eigenvalue weighted by Gasteiger charge is 2.24. The van der Waals surface area contributed by atoms with Crippen LogP contribution < -0.4 is 5.32 Å². The molecule has 18 heavy (non-hydrogen) atoms. The van der Waals surface area contributed by atoms with Gasteiger partial charge in [-0.1, -0.05) is 37.3 Å². The molecule has 1 aromatic carbocycles. The van der Waals surface area contributed by atoms with Gasteiger partial charge in [0.2, 0.25) is 0 Å². The van der Waals surface area contributed by atoms with E-state index >= 15 is 0 Å². The van der Waals surface area contributed by atoms with Crippen LogP contribution >= 0.6 is 0 Å². The summed E-state index contributed by atoms with van der Waals surface area (Å²) < 4.78 is 0. The number of nitrogens with zero attached hydrogens (tertiary/aromatic N) is 1. The Morgan fingerprint density at radius 2 is 2.11 bits per heavy atom. The maximum absolute atomic E-state index is 10.1. The van der Waals surface area contributed by atoms with Crippen LogP contribution in [0.25, 0.3) is 0 Å². The van der Waals surface area contributed by atoms with Crippen molar-refractivity contribution in [3.8, 4) is 0 Å². The molecule has 2 rings (SSSR count). The molecule has 1 aliphatic heterocycles. The molecule has 0 saturated carbocycles. The Hall–Kier alpha value is -0.900. The Morgan fingerprint density at radius 1 is 1.39 bits per heavy atom. The quantitative estimate of drug-likeness (QED) is 0.850. The van der Waals surface area contributed by atoms with Crippen molar-refractivity contribution in [2.24, 2.45) is 5.92 Å². The highest BCUT2D eigenvalue weighted by Crippen LogP contribution is 2.17. The second kappa shape index (κ2) is 6.32. The van der Waals surface area contributed by atoms with Gasteiger partial charge in [0.15, 0.2) is 0 Å². The van der Waals surface area contributed by atoms with Crippen molar-refractivity contribution in [2.45, 2.75) is 25.5 Å². The van der Waals surface area contributed by atoms with Crippen LogP contribution in [0.4, 0.5) is 0 Å². The molecule has 3 heteroatoms. The molecule has 3 nitrogen and oxygen atoms in total. The van der Waals surface area contributed by atoms with Crippen LogP contribution in [0.15, 0.2) is 30.3 Å². The largest absolute Gasteiger partial charge is 0.387 e. The van der Waals surface area contributed by atoms with E-state index in [9.17, 15) is 5.11 Å². The first kappa shape index (κ1) is 13.5. The molecule has 0 spiro atoms. The molecule has 0 bridgehead atoms. The van der Waals surface area contributed by atoms with E-state index in [4.69, 9.17) is 0 Å². The average molecular weight is 248 g/mol. The predicted molar refractivity (Wildman–Crippen MR) is 74.5 cm³/mol. The van der Waals surface area contributed by atoms with Crippen LogP contribution in [0.5, 0.6) is 0 Å². The molecule has 0 aliphatic carbocycles. The zero-order valence-electron chi connectivity index (χ0n) is 11.3. The minimum Gasteiger partial charge on any atom is -0.387 e. The van der Waals surface area contributed by atoms with E-state index in [2.05, 4.69) is 24.2 Å². The Bertz CT molecular complexity index is 355. The molecule has 0 radical (unpaired) electrons. The first-order chi connectivity index (χ1) is 8.66. The maximum atomic E-state index is 10.1. The van der Waals surface area contributed by atoms with Gasteiger partial charge in [-0.25, -0.2) is 0 Å². The zero-order chi connectivity index (χ0) is 13.0. The van der Waals surface area contributed by atoms with Crippen LogP contribution in [0.1, 0.15) is 25.0 Å². The molecule has 2 N–H and O–H groups in total. The lowest BCUT2D eigenvalue weighted by molar-refractivity contribution is 0.137. The molecule has 1 heterocycles. The average Bonchev–Trinajstić information content (AvgIpc) is 2.38. The normalized spacial score (nSPS) is 27.1. The fourth-order valence-electron chi connectivity index (χ4n) is 2.71. The second-order valence-electron chi connectivity index (χ2n) is 5.47. The molecule has 1 fully saturated rings. The SMILES string of the molecule is CC1CN(C)CCC1NCC(O)c1ccccc1. The summed E-state index contributed by atoms with van der Waals surface area (Å²) in [6.07, 6.45) is 0.761. The molecule has 0 amide bonds. The first-order valence-corrected chi connectivity index (χ1v) is 6.81. The number of rotatable bonds is 4. The Balaban J connectivity index is 1.81. The fourth-order valence-corrected chi connectivity index (χ4v) is 2.71. The Kier molecular flexibility index (Phi) is 4.75. The van der Waals surface area contributed by atoms with E-state index in [0.717, 1.165) is 18.7 Å². The molecular weight excluding hydrogens is 224 g/mol. The van der Waals surface area contributed by atoms with Crippen molar-refractivity contribution < 1.29 is 5.11 Å². The van der Waals surface area contributed by atoms with Crippen molar-refractivity contribution >= 4 is 0 Å². The zero-order valence-corrected chi connectivity index (χ0v) is 11.3. The summed E-state index contributed by atoms with van der Waals surface area (Å²) in [6, 6.07) is 10.4. The predicted octanol–water partition coefficient (Wildman–Crippen LogP) is 1.65. The molecule has 3 unspecified atom stereocenters. The van der Waals surface area contributed by atoms with Gasteiger partial charge in [-0.3, -0.25) is 0 Å². The number of likely N-dealkylation sites (tertiary alicyclic amines) is 1. The van der Waals surface area contributed by atoms with E-state index in [1.54, 1.807) is 0 Å². The van der Waals surface area contributed by atoms with Crippen LogP contribution in [-0.4, -0.2) is 42.7 Å². The number of aliphatic hydroxyl groups excluding tert-OH is 1. The standard InChI is InChI=1S/C15H24N2O/c1-12-11-17(2)9-8-14(12)16-10-15(18)13-6-4-3-5-7-13/h3-7,12,14-16,18H,8-11H2,1-2H3. The van der Waals surface area contributed by atoms with E-state index in [-0.39, 0.29) is 0 Å². The van der Waals surface area contributed by atoms with Gasteiger partial charge in [-0.05, 0) is 31.5 Å². The Labute approximate surface area is 110 Å². The summed E-state index contributed by atoms with van der Waals surface area (Å²) in [6.45, 7) is 5.20. The third kappa shape index (κ3) is 3.55. The van der Waals surface area contributed by atoms with Crippen molar-refractivity contribution in [1.82, 2.24) is 10.2 Å². The number of hydrogen-bond acceptors (Lipinski definition) is 3. The van der Waals surface area contributed by atoms with Crippen LogP contribution in [0.3, 0.4) is 0 Å². The molecule has 0 aromatic heterocycles. The van der Waals surface area contributed by atoms with Crippen LogP contribution in [0.2, 0.25) is 0 Å². The van der Waals surface area contributed by atoms with Gasteiger partial charge < -0.3 is 15.3 Å². The number of aliphatic hydroxyl groups is 1. The third-order valence-corrected chi connectivity index (χ3v) is 3.87. The van der Waals surface area contributed by atoms with Crippen molar-refractivity contribution in [3.63, 3.8) is 0 Å². The summed E-state index contributed by atoms with van der Waals surface area (Å²) in [5.41, 5.74) is 0.991. The summed E-state index contributed by atoms with van der Waals surface area (Å²) >= 11 is 0. The highest BCUT2D eigenvalue weighted by atomic mass is 16.3. The van der Waals surface area contributed by atoms with Gasteiger partial charge in [0, 0.05) is 19.1 Å². The van der Waals surface area contributed by atoms with Gasteiger partial charge in [-0.15, -0.1) is 0 Å². The van der Waals surface area contributed by atoms with Gasteiger partial charge in [0.25, 0.3) is 0 Å². The first-order valence-electron chi connectivity index (χ1n) is 6.81. The van der Waals surface area contributed by atoms with E-state index < -0.39 is 6.10 Å². The van der Waals surface area contributed by atoms with E-state index in [0.29, 0.717) is 18.5 Å². The minimum atomic E-state index is -0.405. The lowest BCUT2D eigenvalue weighted by Gasteiger charge is -2.35. The summed E-state index contributed by atoms with van der Waals surface area (Å²) in [5, 5.41) is 13.6. The Morgan fingerprint density at radius 3 is 2.78 bits per heavy atom. The molecule has 100 valence electrons. The molecule has 1 saturated heterocycles. The monoisotopic (exact) mass is 248 g/mol. The topological polar surface area (TPSA) is 35.5 Å². The number of piperidine rings is 1. The highest BCUT2D eigenvalue weighted by molar-refractivity contribution is 5.17. The summed E-state index contributed by atoms with van der Waals surface area (Å²) in [7, 11) is 2.17. The maximum Gasteiger partial charge on any atom is 0.0914 e. The van der Waals surface area contributed by atoms with Crippen molar-refractivity contribution in [3.05, 3.63) is 35.9 Å². The lowest BCUT2D eigenvalue weighted by Crippen LogP contribution is -2.47. The summed E-state index contributed by atoms with van der Waals surface area (Å²) in [5.74, 6) is 0.645. The summed E-state index contributed by atoms with van der Waals surface area (Å²) in [4.78, 5) is 2.37. The lowest BCUT2D eigenvalue weighted by atomic mass is 9.94. The van der Waals surface area contributed by atoms with Crippen LogP contribution in [-0.2, 0) is 0 Å². The van der Waals surface area contributed by atoms with Gasteiger partial charge in [0.05, 0.1) is 6.10 Å². The molecular formula is C15H24N2O. The second-order valence-corrected chi connectivity index (χ2v) is 5.47. The fraction of sp³-hybridized carbons (Fsp3) is 0.600. The van der Waals surface area contributed by atoms with Gasteiger partial charge in [-0.2, -0.15) is 0 Å². The number of nitrogens with one attached hydrogen (secondary N) is 1. The van der Waals surface area contributed by atoms with Crippen molar-refractivity contribution in [2.75, 3.05) is 26.7 Å².